The molecule has 0 aromatic carbocycles. The maximum atomic E-state index is 12.9. The average Bonchev–Trinajstić information content (AvgIpc) is 2.13. The molecule has 0 amide bonds. The predicted molar refractivity (Wildman–Crippen MR) is 59.6 cm³/mol. The number of hydrogen-bond acceptors (Lipinski definition) is 2. The zero-order chi connectivity index (χ0) is 11.1. The topological polar surface area (TPSA) is 24.1 Å². The lowest BCUT2D eigenvalue weighted by molar-refractivity contribution is 0.650. The molecule has 0 aromatic rings. The van der Waals surface area contributed by atoms with Gasteiger partial charge in [0, 0.05) is 13.1 Å². The van der Waals surface area contributed by atoms with Gasteiger partial charge in [0.25, 0.3) is 0 Å². The minimum absolute atomic E-state index is 0.00304. The molecule has 0 saturated heterocycles. The third kappa shape index (κ3) is 5.65. The van der Waals surface area contributed by atoms with E-state index in [2.05, 4.69) is 17.2 Å². The Bertz CT molecular complexity index is 255. The SMILES string of the molecule is C=C(NC)NC(C)/C=C\C(F)=C(/C)Cl. The molecule has 2 N–H and O–H groups in total. The van der Waals surface area contributed by atoms with Gasteiger partial charge in [-0.3, -0.25) is 0 Å². The van der Waals surface area contributed by atoms with Gasteiger partial charge in [0.1, 0.15) is 5.83 Å². The number of allylic oxidation sites excluding steroid dienone is 3. The van der Waals surface area contributed by atoms with Crippen molar-refractivity contribution in [2.45, 2.75) is 19.9 Å². The van der Waals surface area contributed by atoms with Gasteiger partial charge in [-0.05, 0) is 19.9 Å². The Morgan fingerprint density at radius 2 is 2.14 bits per heavy atom. The van der Waals surface area contributed by atoms with Gasteiger partial charge in [-0.15, -0.1) is 0 Å². The molecule has 0 aliphatic rings. The highest BCUT2D eigenvalue weighted by molar-refractivity contribution is 6.29. The first-order valence-electron chi connectivity index (χ1n) is 4.30. The summed E-state index contributed by atoms with van der Waals surface area (Å²) in [5, 5.41) is 5.99. The van der Waals surface area contributed by atoms with Crippen LogP contribution in [-0.4, -0.2) is 13.1 Å². The normalized spacial score (nSPS) is 14.9. The summed E-state index contributed by atoms with van der Waals surface area (Å²) >= 11 is 5.45. The third-order valence-corrected chi connectivity index (χ3v) is 1.74. The zero-order valence-electron chi connectivity index (χ0n) is 8.70. The van der Waals surface area contributed by atoms with E-state index in [1.807, 2.05) is 6.92 Å². The van der Waals surface area contributed by atoms with E-state index in [0.717, 1.165) is 0 Å². The molecule has 1 unspecified atom stereocenters. The Morgan fingerprint density at radius 1 is 1.57 bits per heavy atom. The first-order valence-corrected chi connectivity index (χ1v) is 4.68. The molecule has 0 fully saturated rings. The van der Waals surface area contributed by atoms with Gasteiger partial charge >= 0.3 is 0 Å². The number of halogens is 2. The van der Waals surface area contributed by atoms with Crippen LogP contribution in [0.25, 0.3) is 0 Å². The highest BCUT2D eigenvalue weighted by atomic mass is 35.5. The maximum Gasteiger partial charge on any atom is 0.137 e. The molecule has 0 saturated carbocycles. The molecule has 4 heteroatoms. The van der Waals surface area contributed by atoms with Crippen molar-refractivity contribution in [1.29, 1.82) is 0 Å². The molecule has 0 spiro atoms. The van der Waals surface area contributed by atoms with Crippen LogP contribution in [0.5, 0.6) is 0 Å². The predicted octanol–water partition coefficient (Wildman–Crippen LogP) is 2.65. The van der Waals surface area contributed by atoms with Crippen molar-refractivity contribution in [3.63, 3.8) is 0 Å². The highest BCUT2D eigenvalue weighted by Gasteiger charge is 1.98. The van der Waals surface area contributed by atoms with Gasteiger partial charge in [-0.1, -0.05) is 24.3 Å². The van der Waals surface area contributed by atoms with Gasteiger partial charge in [0.2, 0.25) is 0 Å². The molecule has 0 bridgehead atoms. The lowest BCUT2D eigenvalue weighted by Gasteiger charge is -2.12. The van der Waals surface area contributed by atoms with E-state index < -0.39 is 5.83 Å². The standard InChI is InChI=1S/C10H16ClFN2/c1-7(14-9(3)13-4)5-6-10(12)8(2)11/h5-7,13-14H,3H2,1-2,4H3/b6-5-,10-8-. The van der Waals surface area contributed by atoms with E-state index in [1.165, 1.54) is 13.0 Å². The largest absolute Gasteiger partial charge is 0.375 e. The second-order valence-corrected chi connectivity index (χ2v) is 3.47. The number of rotatable bonds is 5. The van der Waals surface area contributed by atoms with Crippen LogP contribution in [0.15, 0.2) is 35.4 Å². The van der Waals surface area contributed by atoms with Crippen molar-refractivity contribution in [2.75, 3.05) is 7.05 Å². The van der Waals surface area contributed by atoms with Crippen molar-refractivity contribution in [2.24, 2.45) is 0 Å². The smallest absolute Gasteiger partial charge is 0.137 e. The summed E-state index contributed by atoms with van der Waals surface area (Å²) in [7, 11) is 1.76. The summed E-state index contributed by atoms with van der Waals surface area (Å²) in [5.41, 5.74) is 0. The quantitative estimate of drug-likeness (QED) is 0.694. The molecule has 0 aromatic heterocycles. The number of hydrogen-bond donors (Lipinski definition) is 2. The average molecular weight is 219 g/mol. The zero-order valence-corrected chi connectivity index (χ0v) is 9.45. The summed E-state index contributed by atoms with van der Waals surface area (Å²) < 4.78 is 12.9. The van der Waals surface area contributed by atoms with Crippen LogP contribution in [0, 0.1) is 0 Å². The van der Waals surface area contributed by atoms with Crippen LogP contribution in [0.4, 0.5) is 4.39 Å². The van der Waals surface area contributed by atoms with Crippen molar-refractivity contribution in [3.8, 4) is 0 Å². The van der Waals surface area contributed by atoms with E-state index in [-0.39, 0.29) is 11.1 Å². The van der Waals surface area contributed by atoms with E-state index in [1.54, 1.807) is 13.1 Å². The fourth-order valence-electron chi connectivity index (χ4n) is 0.739. The first kappa shape index (κ1) is 13.0. The van der Waals surface area contributed by atoms with Gasteiger partial charge < -0.3 is 10.6 Å². The molecular weight excluding hydrogens is 203 g/mol. The molecule has 0 radical (unpaired) electrons. The molecule has 2 nitrogen and oxygen atoms in total. The molecule has 0 aliphatic heterocycles. The maximum absolute atomic E-state index is 12.9. The lowest BCUT2D eigenvalue weighted by Crippen LogP contribution is -2.29. The van der Waals surface area contributed by atoms with Gasteiger partial charge in [-0.25, -0.2) is 4.39 Å². The molecule has 0 aliphatic carbocycles. The summed E-state index contributed by atoms with van der Waals surface area (Å²) in [6.07, 6.45) is 3.01. The second-order valence-electron chi connectivity index (χ2n) is 2.90. The molecule has 1 atom stereocenters. The van der Waals surface area contributed by atoms with E-state index >= 15 is 0 Å². The molecule has 80 valence electrons. The minimum atomic E-state index is -0.421. The number of nitrogens with one attached hydrogen (secondary N) is 2. The van der Waals surface area contributed by atoms with E-state index in [9.17, 15) is 4.39 Å². The second kappa shape index (κ2) is 6.49. The fourth-order valence-corrected chi connectivity index (χ4v) is 0.802. The summed E-state index contributed by atoms with van der Waals surface area (Å²) in [4.78, 5) is 0. The van der Waals surface area contributed by atoms with E-state index in [4.69, 9.17) is 11.6 Å². The fraction of sp³-hybridized carbons (Fsp3) is 0.400. The van der Waals surface area contributed by atoms with Gasteiger partial charge in [0.05, 0.1) is 10.9 Å². The molecule has 0 heterocycles. The molecule has 14 heavy (non-hydrogen) atoms. The first-order chi connectivity index (χ1) is 6.47. The van der Waals surface area contributed by atoms with Crippen LogP contribution in [0.1, 0.15) is 13.8 Å². The van der Waals surface area contributed by atoms with Crippen molar-refractivity contribution >= 4 is 11.6 Å². The van der Waals surface area contributed by atoms with Crippen molar-refractivity contribution in [1.82, 2.24) is 10.6 Å². The van der Waals surface area contributed by atoms with Crippen molar-refractivity contribution in [3.05, 3.63) is 35.4 Å². The van der Waals surface area contributed by atoms with Crippen LogP contribution in [0.2, 0.25) is 0 Å². The van der Waals surface area contributed by atoms with Crippen LogP contribution >= 0.6 is 11.6 Å². The lowest BCUT2D eigenvalue weighted by atomic mass is 10.3. The summed E-state index contributed by atoms with van der Waals surface area (Å²) in [6.45, 7) is 7.08. The highest BCUT2D eigenvalue weighted by Crippen LogP contribution is 2.11. The van der Waals surface area contributed by atoms with Crippen LogP contribution in [0.3, 0.4) is 0 Å². The van der Waals surface area contributed by atoms with E-state index in [0.29, 0.717) is 5.82 Å². The van der Waals surface area contributed by atoms with Crippen molar-refractivity contribution < 1.29 is 4.39 Å². The summed E-state index contributed by atoms with van der Waals surface area (Å²) in [5.74, 6) is 0.268. The molecular formula is C10H16ClFN2. The Labute approximate surface area is 89.5 Å². The van der Waals surface area contributed by atoms with Gasteiger partial charge in [0.15, 0.2) is 0 Å². The Morgan fingerprint density at radius 3 is 2.57 bits per heavy atom. The molecule has 0 rings (SSSR count). The van der Waals surface area contributed by atoms with Crippen LogP contribution < -0.4 is 10.6 Å². The Hall–Kier alpha value is -0.960. The van der Waals surface area contributed by atoms with Crippen LogP contribution in [-0.2, 0) is 0 Å². The van der Waals surface area contributed by atoms with Gasteiger partial charge in [-0.2, -0.15) is 0 Å². The summed E-state index contributed by atoms with van der Waals surface area (Å²) in [6, 6.07) is -0.00304. The minimum Gasteiger partial charge on any atom is -0.375 e. The monoisotopic (exact) mass is 218 g/mol. The Kier molecular flexibility index (Phi) is 6.04. The Balaban J connectivity index is 4.13. The third-order valence-electron chi connectivity index (χ3n) is 1.56.